The number of hydrogen-bond donors (Lipinski definition) is 1. The number of thioether (sulfide) groups is 1. The van der Waals surface area contributed by atoms with Gasteiger partial charge in [0.15, 0.2) is 5.17 Å². The second-order valence-electron chi connectivity index (χ2n) is 7.39. The van der Waals surface area contributed by atoms with Gasteiger partial charge in [-0.2, -0.15) is 0 Å². The fourth-order valence-corrected chi connectivity index (χ4v) is 4.28. The Hall–Kier alpha value is -3.91. The van der Waals surface area contributed by atoms with Crippen molar-refractivity contribution in [3.63, 3.8) is 0 Å². The molecule has 3 aromatic rings. The number of rotatable bonds is 7. The maximum absolute atomic E-state index is 13.0. The van der Waals surface area contributed by atoms with Crippen LogP contribution in [0.5, 0.6) is 5.75 Å². The molecule has 1 amide bonds. The largest absolute Gasteiger partial charge is 0.489 e. The summed E-state index contributed by atoms with van der Waals surface area (Å²) in [6, 6.07) is 19.7. The quantitative estimate of drug-likeness (QED) is 0.441. The van der Waals surface area contributed by atoms with E-state index in [1.807, 2.05) is 31.2 Å². The first kappa shape index (κ1) is 23.3. The molecular formula is C26H21FN2O4S. The van der Waals surface area contributed by atoms with Gasteiger partial charge >= 0.3 is 5.97 Å². The Balaban J connectivity index is 1.46. The van der Waals surface area contributed by atoms with E-state index >= 15 is 0 Å². The van der Waals surface area contributed by atoms with Crippen LogP contribution in [0.2, 0.25) is 0 Å². The van der Waals surface area contributed by atoms with Crippen LogP contribution in [0.3, 0.4) is 0 Å². The molecule has 0 bridgehead atoms. The summed E-state index contributed by atoms with van der Waals surface area (Å²) in [6.45, 7) is 2.66. The highest BCUT2D eigenvalue weighted by Gasteiger charge is 2.32. The molecule has 1 fully saturated rings. The van der Waals surface area contributed by atoms with Crippen LogP contribution in [-0.2, 0) is 11.4 Å². The fraction of sp³-hybridized carbons (Fsp3) is 0.115. The first-order chi connectivity index (χ1) is 16.4. The molecule has 1 saturated heterocycles. The number of aromatic carboxylic acids is 1. The Kier molecular flexibility index (Phi) is 7.08. The summed E-state index contributed by atoms with van der Waals surface area (Å²) in [4.78, 5) is 30.6. The van der Waals surface area contributed by atoms with E-state index in [0.29, 0.717) is 34.7 Å². The zero-order valence-corrected chi connectivity index (χ0v) is 19.1. The second kappa shape index (κ2) is 10.4. The number of likely N-dealkylation sites (N-methyl/N-ethyl adjacent to an activating group) is 1. The Labute approximate surface area is 200 Å². The van der Waals surface area contributed by atoms with Crippen molar-refractivity contribution in [1.29, 1.82) is 0 Å². The van der Waals surface area contributed by atoms with Crippen molar-refractivity contribution < 1.29 is 23.8 Å². The maximum Gasteiger partial charge on any atom is 0.335 e. The molecule has 1 heterocycles. The summed E-state index contributed by atoms with van der Waals surface area (Å²) in [5, 5.41) is 9.58. The van der Waals surface area contributed by atoms with Crippen LogP contribution in [0.25, 0.3) is 6.08 Å². The minimum Gasteiger partial charge on any atom is -0.489 e. The maximum atomic E-state index is 13.0. The smallest absolute Gasteiger partial charge is 0.335 e. The van der Waals surface area contributed by atoms with Gasteiger partial charge in [-0.1, -0.05) is 24.3 Å². The number of nitrogens with zero attached hydrogens (tertiary/aromatic N) is 2. The molecule has 1 aliphatic rings. The topological polar surface area (TPSA) is 79.2 Å². The molecule has 3 aromatic carbocycles. The van der Waals surface area contributed by atoms with Crippen LogP contribution in [0.4, 0.5) is 10.1 Å². The number of benzene rings is 3. The summed E-state index contributed by atoms with van der Waals surface area (Å²) in [6.07, 6.45) is 1.80. The van der Waals surface area contributed by atoms with Crippen molar-refractivity contribution in [1.82, 2.24) is 4.90 Å². The van der Waals surface area contributed by atoms with E-state index in [1.165, 1.54) is 36.0 Å². The summed E-state index contributed by atoms with van der Waals surface area (Å²) in [5.41, 5.74) is 2.46. The van der Waals surface area contributed by atoms with Crippen LogP contribution in [0.15, 0.2) is 82.7 Å². The predicted octanol–water partition coefficient (Wildman–Crippen LogP) is 5.73. The van der Waals surface area contributed by atoms with Gasteiger partial charge in [0.2, 0.25) is 0 Å². The minimum atomic E-state index is -1.00. The molecule has 4 rings (SSSR count). The third kappa shape index (κ3) is 5.52. The SMILES string of the molecule is CCN1C(=O)/C(=C\c2ccc(OCc3ccc(F)cc3)cc2)SC1=Nc1ccc(C(=O)O)cc1. The first-order valence-corrected chi connectivity index (χ1v) is 11.4. The molecule has 0 aliphatic carbocycles. The number of aliphatic imine (C=N–C) groups is 1. The molecule has 0 saturated carbocycles. The standard InChI is InChI=1S/C26H21FN2O4S/c1-2-29-24(30)23(34-26(29)28-21-11-7-19(8-12-21)25(31)32)15-17-5-13-22(14-6-17)33-16-18-3-9-20(27)10-4-18/h3-15H,2,16H2,1H3,(H,31,32)/b23-15+,28-26?. The third-order valence-electron chi connectivity index (χ3n) is 5.04. The van der Waals surface area contributed by atoms with E-state index < -0.39 is 5.97 Å². The van der Waals surface area contributed by atoms with Crippen molar-refractivity contribution in [2.75, 3.05) is 6.54 Å². The van der Waals surface area contributed by atoms with Gasteiger partial charge in [0.25, 0.3) is 5.91 Å². The van der Waals surface area contributed by atoms with Crippen molar-refractivity contribution >= 4 is 40.6 Å². The summed E-state index contributed by atoms with van der Waals surface area (Å²) >= 11 is 1.27. The van der Waals surface area contributed by atoms with Crippen molar-refractivity contribution in [2.24, 2.45) is 4.99 Å². The molecular weight excluding hydrogens is 455 g/mol. The van der Waals surface area contributed by atoms with E-state index in [0.717, 1.165) is 11.1 Å². The lowest BCUT2D eigenvalue weighted by molar-refractivity contribution is -0.122. The van der Waals surface area contributed by atoms with Crippen molar-refractivity contribution in [2.45, 2.75) is 13.5 Å². The van der Waals surface area contributed by atoms with Crippen molar-refractivity contribution in [3.8, 4) is 5.75 Å². The average molecular weight is 477 g/mol. The van der Waals surface area contributed by atoms with Crippen LogP contribution in [-0.4, -0.2) is 33.6 Å². The van der Waals surface area contributed by atoms with E-state index in [9.17, 15) is 14.0 Å². The van der Waals surface area contributed by atoms with E-state index in [4.69, 9.17) is 9.84 Å². The second-order valence-corrected chi connectivity index (χ2v) is 8.40. The molecule has 6 nitrogen and oxygen atoms in total. The molecule has 0 atom stereocenters. The van der Waals surface area contributed by atoms with Gasteiger partial charge in [-0.05, 0) is 84.4 Å². The molecule has 0 aromatic heterocycles. The zero-order chi connectivity index (χ0) is 24.1. The number of halogens is 1. The van der Waals surface area contributed by atoms with Gasteiger partial charge in [0.05, 0.1) is 16.2 Å². The molecule has 172 valence electrons. The number of carbonyl (C=O) groups excluding carboxylic acids is 1. The fourth-order valence-electron chi connectivity index (χ4n) is 3.22. The normalized spacial score (nSPS) is 15.8. The molecule has 0 unspecified atom stereocenters. The molecule has 0 spiro atoms. The number of carbonyl (C=O) groups is 2. The molecule has 8 heteroatoms. The first-order valence-electron chi connectivity index (χ1n) is 10.5. The van der Waals surface area contributed by atoms with Crippen LogP contribution >= 0.6 is 11.8 Å². The van der Waals surface area contributed by atoms with Gasteiger partial charge in [-0.25, -0.2) is 14.2 Å². The van der Waals surface area contributed by atoms with Crippen LogP contribution in [0, 0.1) is 5.82 Å². The Morgan fingerprint density at radius 1 is 1.06 bits per heavy atom. The van der Waals surface area contributed by atoms with Gasteiger partial charge in [0.1, 0.15) is 18.2 Å². The number of carboxylic acids is 1. The summed E-state index contributed by atoms with van der Waals surface area (Å²) in [7, 11) is 0. The Morgan fingerprint density at radius 2 is 1.74 bits per heavy atom. The molecule has 34 heavy (non-hydrogen) atoms. The average Bonchev–Trinajstić information content (AvgIpc) is 3.13. The van der Waals surface area contributed by atoms with Gasteiger partial charge in [-0.15, -0.1) is 0 Å². The van der Waals surface area contributed by atoms with E-state index in [2.05, 4.69) is 4.99 Å². The minimum absolute atomic E-state index is 0.134. The van der Waals surface area contributed by atoms with Gasteiger partial charge in [-0.3, -0.25) is 9.69 Å². The lowest BCUT2D eigenvalue weighted by atomic mass is 10.2. The Bertz CT molecular complexity index is 1250. The third-order valence-corrected chi connectivity index (χ3v) is 6.05. The highest BCUT2D eigenvalue weighted by atomic mass is 32.2. The zero-order valence-electron chi connectivity index (χ0n) is 18.3. The lowest BCUT2D eigenvalue weighted by Gasteiger charge is -2.12. The number of carboxylic acid groups (broad SMARTS) is 1. The Morgan fingerprint density at radius 3 is 2.35 bits per heavy atom. The van der Waals surface area contributed by atoms with Crippen LogP contribution < -0.4 is 4.74 Å². The highest BCUT2D eigenvalue weighted by Crippen LogP contribution is 2.34. The summed E-state index contributed by atoms with van der Waals surface area (Å²) in [5.74, 6) is -0.757. The summed E-state index contributed by atoms with van der Waals surface area (Å²) < 4.78 is 18.7. The predicted molar refractivity (Wildman–Crippen MR) is 131 cm³/mol. The monoisotopic (exact) mass is 476 g/mol. The van der Waals surface area contributed by atoms with Gasteiger partial charge < -0.3 is 9.84 Å². The molecule has 0 radical (unpaired) electrons. The lowest BCUT2D eigenvalue weighted by Crippen LogP contribution is -2.28. The number of hydrogen-bond acceptors (Lipinski definition) is 5. The van der Waals surface area contributed by atoms with Crippen LogP contribution in [0.1, 0.15) is 28.4 Å². The number of amides is 1. The highest BCUT2D eigenvalue weighted by molar-refractivity contribution is 8.18. The van der Waals surface area contributed by atoms with E-state index in [1.54, 1.807) is 35.2 Å². The number of amidine groups is 1. The van der Waals surface area contributed by atoms with E-state index in [-0.39, 0.29) is 17.3 Å². The van der Waals surface area contributed by atoms with Gasteiger partial charge in [0, 0.05) is 6.54 Å². The van der Waals surface area contributed by atoms with Crippen molar-refractivity contribution in [3.05, 3.63) is 100 Å². The molecule has 1 aliphatic heterocycles. The number of ether oxygens (including phenoxy) is 1. The molecule has 1 N–H and O–H groups in total.